The molecule has 7 nitrogen and oxygen atoms in total. The zero-order valence-corrected chi connectivity index (χ0v) is 27.6. The van der Waals surface area contributed by atoms with Crippen molar-refractivity contribution in [3.8, 4) is 0 Å². The van der Waals surface area contributed by atoms with Crippen LogP contribution in [0.5, 0.6) is 0 Å². The second-order valence-electron chi connectivity index (χ2n) is 5.92. The number of nitrogens with zero attached hydrogens (tertiary/aromatic N) is 2. The van der Waals surface area contributed by atoms with E-state index in [4.69, 9.17) is 24.3 Å². The van der Waals surface area contributed by atoms with Crippen molar-refractivity contribution >= 4 is 18.7 Å². The van der Waals surface area contributed by atoms with Gasteiger partial charge in [-0.05, 0) is 33.9 Å². The molecule has 1 fully saturated rings. The molecule has 130 valence electrons. The quantitative estimate of drug-likeness (QED) is 0.313. The number of hydrogen-bond donors (Lipinski definition) is 0. The number of carboxylic acid groups (broad SMARTS) is 2. The fraction of sp³-hybridized carbons (Fsp3) is 0.667. The molecule has 0 aromatic carbocycles. The molecule has 0 aliphatic carbocycles. The first-order valence-corrected chi connectivity index (χ1v) is 6.56. The summed E-state index contributed by atoms with van der Waals surface area (Å²) in [5.74, 6) is 0. The third-order valence-electron chi connectivity index (χ3n) is 3.52. The number of rotatable bonds is 2. The van der Waals surface area contributed by atoms with Crippen molar-refractivity contribution in [2.24, 2.45) is 0 Å². The van der Waals surface area contributed by atoms with Crippen LogP contribution < -0.4 is 153 Å². The average Bonchev–Trinajstić information content (AvgIpc) is 2.79. The van der Waals surface area contributed by atoms with Crippen LogP contribution in [0.25, 0.3) is 0 Å². The molecule has 0 amide bonds. The summed E-state index contributed by atoms with van der Waals surface area (Å²) in [6, 6.07) is 0. The van der Waals surface area contributed by atoms with Crippen LogP contribution in [0.15, 0.2) is 12.4 Å². The molecular formula is C12H16BCs2F3N2O5. The second kappa shape index (κ2) is 11.5. The Bertz CT molecular complexity index is 549. The maximum Gasteiger partial charge on any atom is 1.00 e. The van der Waals surface area contributed by atoms with Crippen LogP contribution in [-0.2, 0) is 15.9 Å². The summed E-state index contributed by atoms with van der Waals surface area (Å²) in [6.07, 6.45) is -3.98. The zero-order valence-electron chi connectivity index (χ0n) is 15.0. The van der Waals surface area contributed by atoms with E-state index in [-0.39, 0.29) is 138 Å². The minimum atomic E-state index is -4.29. The van der Waals surface area contributed by atoms with Gasteiger partial charge in [-0.15, -0.1) is 0 Å². The SMILES string of the molecule is CC1(C)OB(c2cnn(CC(F)(F)F)c2)OC1(C)C.O=C([O-])[O-].[Cs+].[Cs+]. The minimum Gasteiger partial charge on any atom is -0.652 e. The first kappa shape index (κ1) is 29.6. The first-order valence-electron chi connectivity index (χ1n) is 6.56. The molecule has 1 saturated heterocycles. The van der Waals surface area contributed by atoms with Crippen LogP contribution >= 0.6 is 0 Å². The van der Waals surface area contributed by atoms with Crippen molar-refractivity contribution in [1.82, 2.24) is 9.78 Å². The number of hydrogen-bond acceptors (Lipinski definition) is 6. The van der Waals surface area contributed by atoms with Gasteiger partial charge in [0.15, 0.2) is 0 Å². The Kier molecular flexibility index (Phi) is 13.6. The molecule has 1 aliphatic rings. The summed E-state index contributed by atoms with van der Waals surface area (Å²) >= 11 is 0. The maximum atomic E-state index is 12.3. The van der Waals surface area contributed by atoms with Gasteiger partial charge in [0.05, 0.1) is 11.2 Å². The van der Waals surface area contributed by atoms with Gasteiger partial charge in [-0.3, -0.25) is 4.68 Å². The second-order valence-corrected chi connectivity index (χ2v) is 5.92. The van der Waals surface area contributed by atoms with Crippen molar-refractivity contribution < 1.29 is 175 Å². The van der Waals surface area contributed by atoms with Crippen LogP contribution in [0.1, 0.15) is 27.7 Å². The average molecular weight is 602 g/mol. The van der Waals surface area contributed by atoms with Gasteiger partial charge in [-0.2, -0.15) is 18.3 Å². The maximum absolute atomic E-state index is 12.3. The number of halogens is 3. The molecule has 1 aliphatic heterocycles. The van der Waals surface area contributed by atoms with E-state index in [1.165, 1.54) is 12.4 Å². The van der Waals surface area contributed by atoms with E-state index in [1.54, 1.807) is 0 Å². The molecule has 2 heterocycles. The van der Waals surface area contributed by atoms with E-state index in [1.807, 2.05) is 27.7 Å². The van der Waals surface area contributed by atoms with E-state index >= 15 is 0 Å². The summed E-state index contributed by atoms with van der Waals surface area (Å²) < 4.78 is 49.1. The van der Waals surface area contributed by atoms with Crippen molar-refractivity contribution in [3.63, 3.8) is 0 Å². The molecule has 2 rings (SSSR count). The Hall–Kier alpha value is 2.36. The number of aromatic nitrogens is 2. The Morgan fingerprint density at radius 1 is 1.20 bits per heavy atom. The number of carbonyl (C=O) groups excluding carboxylic acids is 1. The Labute approximate surface area is 261 Å². The molecule has 0 bridgehead atoms. The van der Waals surface area contributed by atoms with Gasteiger partial charge in [0.1, 0.15) is 6.54 Å². The van der Waals surface area contributed by atoms with Gasteiger partial charge in [0, 0.05) is 17.9 Å². The molecular weight excluding hydrogens is 586 g/mol. The topological polar surface area (TPSA) is 99.5 Å². The van der Waals surface area contributed by atoms with Crippen LogP contribution in [0.2, 0.25) is 0 Å². The fourth-order valence-corrected chi connectivity index (χ4v) is 1.75. The van der Waals surface area contributed by atoms with Crippen molar-refractivity contribution in [3.05, 3.63) is 12.4 Å². The van der Waals surface area contributed by atoms with Gasteiger partial charge >= 0.3 is 151 Å². The Morgan fingerprint density at radius 2 is 1.60 bits per heavy atom. The van der Waals surface area contributed by atoms with E-state index in [0.29, 0.717) is 5.46 Å². The first-order chi connectivity index (χ1) is 10.2. The monoisotopic (exact) mass is 602 g/mol. The van der Waals surface area contributed by atoms with Gasteiger partial charge in [-0.25, -0.2) is 0 Å². The molecule has 0 N–H and O–H groups in total. The predicted octanol–water partition coefficient (Wildman–Crippen LogP) is -6.69. The van der Waals surface area contributed by atoms with E-state index in [9.17, 15) is 13.2 Å². The summed E-state index contributed by atoms with van der Waals surface area (Å²) in [5, 5.41) is 20.3. The van der Waals surface area contributed by atoms with Crippen LogP contribution in [0, 0.1) is 0 Å². The van der Waals surface area contributed by atoms with Crippen molar-refractivity contribution in [1.29, 1.82) is 0 Å². The fourth-order valence-electron chi connectivity index (χ4n) is 1.75. The smallest absolute Gasteiger partial charge is 0.652 e. The van der Waals surface area contributed by atoms with Gasteiger partial charge < -0.3 is 24.3 Å². The molecule has 13 heteroatoms. The van der Waals surface area contributed by atoms with E-state index < -0.39 is 37.2 Å². The largest absolute Gasteiger partial charge is 1.00 e. The van der Waals surface area contributed by atoms with Crippen LogP contribution in [-0.4, -0.2) is 40.4 Å². The molecule has 0 atom stereocenters. The molecule has 1 aromatic rings. The summed E-state index contributed by atoms with van der Waals surface area (Å²) in [4.78, 5) is 8.33. The van der Waals surface area contributed by atoms with E-state index in [0.717, 1.165) is 4.68 Å². The third-order valence-corrected chi connectivity index (χ3v) is 3.52. The molecule has 25 heavy (non-hydrogen) atoms. The van der Waals surface area contributed by atoms with Crippen molar-refractivity contribution in [2.45, 2.75) is 51.6 Å². The van der Waals surface area contributed by atoms with Gasteiger partial charge in [0.2, 0.25) is 0 Å². The zero-order chi connectivity index (χ0) is 18.1. The normalized spacial score (nSPS) is 17.6. The number of alkyl halides is 3. The minimum absolute atomic E-state index is 0. The van der Waals surface area contributed by atoms with E-state index in [2.05, 4.69) is 5.10 Å². The summed E-state index contributed by atoms with van der Waals surface area (Å²) in [7, 11) is -0.688. The third kappa shape index (κ3) is 10.1. The molecule has 0 saturated carbocycles. The van der Waals surface area contributed by atoms with Crippen molar-refractivity contribution in [2.75, 3.05) is 0 Å². The van der Waals surface area contributed by atoms with Crippen LogP contribution in [0.3, 0.4) is 0 Å². The Balaban J connectivity index is 0. The summed E-state index contributed by atoms with van der Waals surface area (Å²) in [6.45, 7) is 6.41. The Morgan fingerprint density at radius 3 is 1.96 bits per heavy atom. The van der Waals surface area contributed by atoms with Gasteiger partial charge in [0.25, 0.3) is 0 Å². The predicted molar refractivity (Wildman–Crippen MR) is 69.4 cm³/mol. The van der Waals surface area contributed by atoms with Gasteiger partial charge in [-0.1, -0.05) is 0 Å². The summed E-state index contributed by atoms with van der Waals surface area (Å²) in [5.41, 5.74) is -0.559. The molecule has 0 unspecified atom stereocenters. The number of carbonyl (C=O) groups is 1. The molecule has 0 radical (unpaired) electrons. The van der Waals surface area contributed by atoms with Crippen LogP contribution in [0.4, 0.5) is 18.0 Å². The standard InChI is InChI=1S/C11H16BF3N2O2.CH2O3.2Cs/c1-9(2)10(3,4)19-12(18-9)8-5-16-17(6-8)7-11(13,14)15;2-1(3)4;;/h5-6H,7H2,1-4H3;(H2,2,3,4);;/q;;2*+1/p-2. The molecule has 1 aromatic heterocycles. The molecule has 0 spiro atoms.